The highest BCUT2D eigenvalue weighted by Crippen LogP contribution is 2.28. The van der Waals surface area contributed by atoms with Crippen LogP contribution in [0.25, 0.3) is 0 Å². The molecule has 0 aromatic carbocycles. The fourth-order valence-corrected chi connectivity index (χ4v) is 6.04. The fraction of sp³-hybridized carbons (Fsp3) is 0.765. The maximum absolute atomic E-state index is 13.1. The number of aryl methyl sites for hydroxylation is 1. The van der Waals surface area contributed by atoms with Crippen molar-refractivity contribution in [1.29, 1.82) is 0 Å². The number of nitrogens with zero attached hydrogens (tertiary/aromatic N) is 4. The second-order valence-electron chi connectivity index (χ2n) is 7.54. The van der Waals surface area contributed by atoms with E-state index in [0.29, 0.717) is 24.7 Å². The molecule has 0 saturated carbocycles. The molecule has 0 radical (unpaired) electrons. The van der Waals surface area contributed by atoms with Gasteiger partial charge in [-0.2, -0.15) is 5.10 Å². The highest BCUT2D eigenvalue weighted by Gasteiger charge is 2.48. The molecule has 2 fully saturated rings. The summed E-state index contributed by atoms with van der Waals surface area (Å²) in [5.41, 5.74) is 0.558. The normalized spacial score (nSPS) is 26.2. The van der Waals surface area contributed by atoms with Crippen LogP contribution < -0.4 is 0 Å². The molecule has 25 heavy (non-hydrogen) atoms. The van der Waals surface area contributed by atoms with Crippen molar-refractivity contribution < 1.29 is 13.2 Å². The van der Waals surface area contributed by atoms with Crippen molar-refractivity contribution in [3.63, 3.8) is 0 Å². The fourth-order valence-electron chi connectivity index (χ4n) is 4.02. The summed E-state index contributed by atoms with van der Waals surface area (Å²) in [7, 11) is -3.11. The van der Waals surface area contributed by atoms with Gasteiger partial charge in [0.25, 0.3) is 5.91 Å². The van der Waals surface area contributed by atoms with E-state index in [1.165, 1.54) is 0 Å². The third-order valence-corrected chi connectivity index (χ3v) is 6.72. The number of rotatable bonds is 5. The van der Waals surface area contributed by atoms with Gasteiger partial charge in [-0.25, -0.2) is 8.42 Å². The van der Waals surface area contributed by atoms with Crippen LogP contribution in [0.2, 0.25) is 0 Å². The number of fused-ring (bicyclic) bond motifs is 1. The van der Waals surface area contributed by atoms with E-state index in [1.54, 1.807) is 21.8 Å². The molecule has 3 rings (SSSR count). The molecule has 2 aliphatic heterocycles. The van der Waals surface area contributed by atoms with Crippen molar-refractivity contribution in [3.8, 4) is 0 Å². The van der Waals surface area contributed by atoms with Crippen LogP contribution in [0.1, 0.15) is 37.7 Å². The zero-order chi connectivity index (χ0) is 18.2. The van der Waals surface area contributed by atoms with E-state index >= 15 is 0 Å². The Hall–Kier alpha value is -1.41. The van der Waals surface area contributed by atoms with E-state index in [2.05, 4.69) is 23.8 Å². The first-order chi connectivity index (χ1) is 11.8. The summed E-state index contributed by atoms with van der Waals surface area (Å²) < 4.78 is 26.3. The van der Waals surface area contributed by atoms with E-state index in [-0.39, 0.29) is 29.5 Å². The standard InChI is InChI=1S/C17H28N4O3S/c1-4-7-21-14(5-6-18-21)17(22)20-9-8-19(10-13(2)3)15-11-25(23,24)12-16(15)20/h5-6,13,15-16H,4,7-12H2,1-3H3/t15-,16+/m1/s1. The maximum Gasteiger partial charge on any atom is 0.272 e. The SMILES string of the molecule is CCCn1nccc1C(=O)N1CCN(CC(C)C)[C@@H]2CS(=O)(=O)C[C@@H]21. The summed E-state index contributed by atoms with van der Waals surface area (Å²) in [5.74, 6) is 0.599. The molecule has 2 atom stereocenters. The third kappa shape index (κ3) is 3.74. The number of hydrogen-bond donors (Lipinski definition) is 0. The topological polar surface area (TPSA) is 75.5 Å². The minimum Gasteiger partial charge on any atom is -0.330 e. The molecule has 7 nitrogen and oxygen atoms in total. The number of amides is 1. The number of piperazine rings is 1. The van der Waals surface area contributed by atoms with Crippen LogP contribution in [0.5, 0.6) is 0 Å². The van der Waals surface area contributed by atoms with Crippen LogP contribution in [0.15, 0.2) is 12.3 Å². The summed E-state index contributed by atoms with van der Waals surface area (Å²) >= 11 is 0. The summed E-state index contributed by atoms with van der Waals surface area (Å²) in [6, 6.07) is 1.39. The maximum atomic E-state index is 13.1. The molecule has 0 unspecified atom stereocenters. The molecule has 0 bridgehead atoms. The molecule has 8 heteroatoms. The smallest absolute Gasteiger partial charge is 0.272 e. The van der Waals surface area contributed by atoms with Crippen LogP contribution in [-0.2, 0) is 16.4 Å². The Morgan fingerprint density at radius 1 is 1.28 bits per heavy atom. The number of sulfone groups is 1. The van der Waals surface area contributed by atoms with Crippen LogP contribution in [0.4, 0.5) is 0 Å². The zero-order valence-corrected chi connectivity index (χ0v) is 16.1. The monoisotopic (exact) mass is 368 g/mol. The molecular formula is C17H28N4O3S. The van der Waals surface area contributed by atoms with Gasteiger partial charge in [-0.3, -0.25) is 14.4 Å². The lowest BCUT2D eigenvalue weighted by Crippen LogP contribution is -2.61. The molecule has 0 spiro atoms. The lowest BCUT2D eigenvalue weighted by Gasteiger charge is -2.44. The minimum atomic E-state index is -3.11. The molecule has 0 aliphatic carbocycles. The van der Waals surface area contributed by atoms with Gasteiger partial charge < -0.3 is 4.90 Å². The van der Waals surface area contributed by atoms with Crippen LogP contribution >= 0.6 is 0 Å². The molecule has 0 N–H and O–H groups in total. The van der Waals surface area contributed by atoms with E-state index in [4.69, 9.17) is 0 Å². The van der Waals surface area contributed by atoms with E-state index in [1.807, 2.05) is 6.92 Å². The highest BCUT2D eigenvalue weighted by atomic mass is 32.2. The largest absolute Gasteiger partial charge is 0.330 e. The number of aromatic nitrogens is 2. The van der Waals surface area contributed by atoms with E-state index < -0.39 is 9.84 Å². The lowest BCUT2D eigenvalue weighted by molar-refractivity contribution is 0.0287. The molecule has 3 heterocycles. The quantitative estimate of drug-likeness (QED) is 0.771. The summed E-state index contributed by atoms with van der Waals surface area (Å²) in [5, 5.41) is 4.23. The molecule has 2 aliphatic rings. The minimum absolute atomic E-state index is 0.0694. The average molecular weight is 369 g/mol. The van der Waals surface area contributed by atoms with Gasteiger partial charge in [-0.1, -0.05) is 20.8 Å². The third-order valence-electron chi connectivity index (χ3n) is 5.02. The summed E-state index contributed by atoms with van der Waals surface area (Å²) in [6.45, 7) is 9.17. The summed E-state index contributed by atoms with van der Waals surface area (Å²) in [6.07, 6.45) is 2.53. The van der Waals surface area contributed by atoms with Gasteiger partial charge in [-0.05, 0) is 18.4 Å². The van der Waals surface area contributed by atoms with E-state index in [9.17, 15) is 13.2 Å². The van der Waals surface area contributed by atoms with Crippen molar-refractivity contribution in [1.82, 2.24) is 19.6 Å². The molecule has 2 saturated heterocycles. The molecule has 140 valence electrons. The Morgan fingerprint density at radius 3 is 2.68 bits per heavy atom. The second kappa shape index (κ2) is 7.07. The molecule has 1 aromatic heterocycles. The van der Waals surface area contributed by atoms with Crippen LogP contribution in [-0.4, -0.2) is 77.1 Å². The number of carbonyl (C=O) groups excluding carboxylic acids is 1. The Balaban J connectivity index is 1.85. The van der Waals surface area contributed by atoms with Gasteiger partial charge >= 0.3 is 0 Å². The Morgan fingerprint density at radius 2 is 2.00 bits per heavy atom. The van der Waals surface area contributed by atoms with Gasteiger partial charge in [0.15, 0.2) is 9.84 Å². The average Bonchev–Trinajstić information content (AvgIpc) is 3.10. The van der Waals surface area contributed by atoms with Crippen molar-refractivity contribution in [2.75, 3.05) is 31.1 Å². The molecule has 1 aromatic rings. The van der Waals surface area contributed by atoms with E-state index in [0.717, 1.165) is 19.5 Å². The van der Waals surface area contributed by atoms with Crippen molar-refractivity contribution in [3.05, 3.63) is 18.0 Å². The highest BCUT2D eigenvalue weighted by molar-refractivity contribution is 7.91. The van der Waals surface area contributed by atoms with Crippen LogP contribution in [0.3, 0.4) is 0 Å². The lowest BCUT2D eigenvalue weighted by atomic mass is 10.0. The first-order valence-corrected chi connectivity index (χ1v) is 10.9. The molecule has 1 amide bonds. The van der Waals surface area contributed by atoms with Gasteiger partial charge in [0, 0.05) is 38.4 Å². The van der Waals surface area contributed by atoms with Gasteiger partial charge in [0.05, 0.1) is 17.5 Å². The zero-order valence-electron chi connectivity index (χ0n) is 15.3. The Kier molecular flexibility index (Phi) is 5.20. The van der Waals surface area contributed by atoms with Crippen molar-refractivity contribution >= 4 is 15.7 Å². The molecular weight excluding hydrogens is 340 g/mol. The summed E-state index contributed by atoms with van der Waals surface area (Å²) in [4.78, 5) is 17.1. The number of carbonyl (C=O) groups is 1. The Labute approximate surface area is 149 Å². The predicted molar refractivity (Wildman–Crippen MR) is 96.2 cm³/mol. The van der Waals surface area contributed by atoms with Gasteiger partial charge in [-0.15, -0.1) is 0 Å². The van der Waals surface area contributed by atoms with Crippen molar-refractivity contribution in [2.24, 2.45) is 5.92 Å². The van der Waals surface area contributed by atoms with Crippen molar-refractivity contribution in [2.45, 2.75) is 45.8 Å². The first-order valence-electron chi connectivity index (χ1n) is 9.09. The predicted octanol–water partition coefficient (Wildman–Crippen LogP) is 0.873. The van der Waals surface area contributed by atoms with Gasteiger partial charge in [0.2, 0.25) is 0 Å². The number of hydrogen-bond acceptors (Lipinski definition) is 5. The van der Waals surface area contributed by atoms with Crippen LogP contribution in [0, 0.1) is 5.92 Å². The second-order valence-corrected chi connectivity index (χ2v) is 9.69. The first kappa shape index (κ1) is 18.4. The Bertz CT molecular complexity index is 728. The van der Waals surface area contributed by atoms with Gasteiger partial charge in [0.1, 0.15) is 5.69 Å².